The summed E-state index contributed by atoms with van der Waals surface area (Å²) >= 11 is 0. The van der Waals surface area contributed by atoms with Crippen molar-refractivity contribution in [2.75, 3.05) is 0 Å². The Morgan fingerprint density at radius 2 is 1.50 bits per heavy atom. The highest BCUT2D eigenvalue weighted by Gasteiger charge is 2.16. The first-order valence-corrected chi connectivity index (χ1v) is 8.19. The number of rotatable bonds is 5. The van der Waals surface area contributed by atoms with E-state index in [0.29, 0.717) is 23.7 Å². The molecular weight excluding hydrogens is 328 g/mol. The van der Waals surface area contributed by atoms with Crippen molar-refractivity contribution in [3.8, 4) is 34.3 Å². The molecule has 0 atom stereocenters. The van der Waals surface area contributed by atoms with Crippen molar-refractivity contribution >= 4 is 0 Å². The second-order valence-corrected chi connectivity index (χ2v) is 5.71. The van der Waals surface area contributed by atoms with E-state index in [-0.39, 0.29) is 11.6 Å². The van der Waals surface area contributed by atoms with Crippen LogP contribution < -0.4 is 4.74 Å². The second-order valence-electron chi connectivity index (χ2n) is 5.71. The first-order valence-electron chi connectivity index (χ1n) is 8.19. The van der Waals surface area contributed by atoms with Gasteiger partial charge in [0.15, 0.2) is 0 Å². The first kappa shape index (κ1) is 15.9. The van der Waals surface area contributed by atoms with E-state index < -0.39 is 0 Å². The SMILES string of the molecule is Oc1ccccc1-c1nc(-c2ccccc2OCc2ccccc2)no1. The molecule has 0 radical (unpaired) electrons. The highest BCUT2D eigenvalue weighted by molar-refractivity contribution is 5.67. The van der Waals surface area contributed by atoms with Gasteiger partial charge in [-0.3, -0.25) is 0 Å². The zero-order chi connectivity index (χ0) is 17.8. The predicted molar refractivity (Wildman–Crippen MR) is 97.6 cm³/mol. The first-order chi connectivity index (χ1) is 12.8. The fraction of sp³-hybridized carbons (Fsp3) is 0.0476. The molecule has 0 saturated carbocycles. The van der Waals surface area contributed by atoms with E-state index in [2.05, 4.69) is 10.1 Å². The standard InChI is InChI=1S/C21H16N2O3/c24-18-12-6-4-10-16(18)21-22-20(23-26-21)17-11-5-7-13-19(17)25-14-15-8-2-1-3-9-15/h1-13,24H,14H2. The molecule has 0 unspecified atom stereocenters. The van der Waals surface area contributed by atoms with Crippen molar-refractivity contribution in [1.29, 1.82) is 0 Å². The molecule has 5 nitrogen and oxygen atoms in total. The number of benzene rings is 3. The van der Waals surface area contributed by atoms with Crippen LogP contribution in [0.25, 0.3) is 22.8 Å². The molecule has 0 aliphatic heterocycles. The summed E-state index contributed by atoms with van der Waals surface area (Å²) in [6.45, 7) is 0.446. The van der Waals surface area contributed by atoms with Gasteiger partial charge in [0.25, 0.3) is 5.89 Å². The van der Waals surface area contributed by atoms with Crippen molar-refractivity contribution in [1.82, 2.24) is 10.1 Å². The van der Waals surface area contributed by atoms with Crippen LogP contribution in [-0.2, 0) is 6.61 Å². The van der Waals surface area contributed by atoms with E-state index in [1.165, 1.54) is 0 Å². The summed E-state index contributed by atoms with van der Waals surface area (Å²) in [5.41, 5.74) is 2.30. The predicted octanol–water partition coefficient (Wildman–Crippen LogP) is 4.69. The summed E-state index contributed by atoms with van der Waals surface area (Å²) in [5, 5.41) is 14.0. The number of para-hydroxylation sites is 2. The Hall–Kier alpha value is -3.60. The van der Waals surface area contributed by atoms with E-state index in [9.17, 15) is 5.11 Å². The van der Waals surface area contributed by atoms with Crippen LogP contribution in [0.15, 0.2) is 83.4 Å². The Morgan fingerprint density at radius 3 is 2.31 bits per heavy atom. The number of aromatic hydroxyl groups is 1. The normalized spacial score (nSPS) is 10.6. The fourth-order valence-electron chi connectivity index (χ4n) is 2.61. The maximum atomic E-state index is 9.96. The average Bonchev–Trinajstić information content (AvgIpc) is 3.17. The topological polar surface area (TPSA) is 68.4 Å². The minimum absolute atomic E-state index is 0.0938. The Labute approximate surface area is 150 Å². The average molecular weight is 344 g/mol. The highest BCUT2D eigenvalue weighted by Crippen LogP contribution is 2.32. The van der Waals surface area contributed by atoms with Crippen LogP contribution in [-0.4, -0.2) is 15.2 Å². The summed E-state index contributed by atoms with van der Waals surface area (Å²) in [5.74, 6) is 1.43. The molecule has 5 heteroatoms. The van der Waals surface area contributed by atoms with Gasteiger partial charge < -0.3 is 14.4 Å². The number of nitrogens with zero attached hydrogens (tertiary/aromatic N) is 2. The second kappa shape index (κ2) is 7.11. The number of hydrogen-bond acceptors (Lipinski definition) is 5. The molecule has 0 aliphatic rings. The Kier molecular flexibility index (Phi) is 4.35. The van der Waals surface area contributed by atoms with Crippen molar-refractivity contribution < 1.29 is 14.4 Å². The molecule has 0 aliphatic carbocycles. The fourth-order valence-corrected chi connectivity index (χ4v) is 2.61. The van der Waals surface area contributed by atoms with Crippen LogP contribution >= 0.6 is 0 Å². The molecule has 26 heavy (non-hydrogen) atoms. The van der Waals surface area contributed by atoms with Gasteiger partial charge in [-0.2, -0.15) is 4.98 Å². The van der Waals surface area contributed by atoms with Gasteiger partial charge >= 0.3 is 0 Å². The largest absolute Gasteiger partial charge is 0.507 e. The number of phenols is 1. The van der Waals surface area contributed by atoms with Crippen LogP contribution in [0.4, 0.5) is 0 Å². The molecule has 1 N–H and O–H groups in total. The van der Waals surface area contributed by atoms with E-state index in [0.717, 1.165) is 11.1 Å². The lowest BCUT2D eigenvalue weighted by molar-refractivity contribution is 0.307. The Bertz CT molecular complexity index is 1010. The van der Waals surface area contributed by atoms with Crippen LogP contribution in [0, 0.1) is 0 Å². The molecule has 0 fully saturated rings. The number of phenolic OH excluding ortho intramolecular Hbond substituents is 1. The van der Waals surface area contributed by atoms with E-state index >= 15 is 0 Å². The van der Waals surface area contributed by atoms with Gasteiger partial charge in [-0.05, 0) is 29.8 Å². The maximum absolute atomic E-state index is 9.96. The van der Waals surface area contributed by atoms with Gasteiger partial charge in [0.05, 0.1) is 11.1 Å². The number of ether oxygens (including phenoxy) is 1. The van der Waals surface area contributed by atoms with Crippen LogP contribution in [0.3, 0.4) is 0 Å². The summed E-state index contributed by atoms with van der Waals surface area (Å²) in [7, 11) is 0. The minimum atomic E-state index is 0.0938. The van der Waals surface area contributed by atoms with Gasteiger partial charge in [-0.1, -0.05) is 59.8 Å². The van der Waals surface area contributed by atoms with Crippen molar-refractivity contribution in [3.63, 3.8) is 0 Å². The third kappa shape index (κ3) is 3.28. The van der Waals surface area contributed by atoms with Gasteiger partial charge in [0.2, 0.25) is 5.82 Å². The Balaban J connectivity index is 1.62. The molecule has 4 rings (SSSR count). The molecular formula is C21H16N2O3. The van der Waals surface area contributed by atoms with Gasteiger partial charge in [-0.15, -0.1) is 0 Å². The summed E-state index contributed by atoms with van der Waals surface area (Å²) < 4.78 is 11.3. The Morgan fingerprint density at radius 1 is 0.808 bits per heavy atom. The van der Waals surface area contributed by atoms with Crippen LogP contribution in [0.2, 0.25) is 0 Å². The monoisotopic (exact) mass is 344 g/mol. The molecule has 0 spiro atoms. The minimum Gasteiger partial charge on any atom is -0.507 e. The van der Waals surface area contributed by atoms with E-state index in [1.807, 2.05) is 54.6 Å². The van der Waals surface area contributed by atoms with Gasteiger partial charge in [0, 0.05) is 0 Å². The highest BCUT2D eigenvalue weighted by atomic mass is 16.5. The van der Waals surface area contributed by atoms with Crippen molar-refractivity contribution in [3.05, 3.63) is 84.4 Å². The zero-order valence-electron chi connectivity index (χ0n) is 13.9. The quantitative estimate of drug-likeness (QED) is 0.569. The van der Waals surface area contributed by atoms with E-state index in [1.54, 1.807) is 24.3 Å². The third-order valence-corrected chi connectivity index (χ3v) is 3.93. The lowest BCUT2D eigenvalue weighted by Crippen LogP contribution is -1.97. The number of hydrogen-bond donors (Lipinski definition) is 1. The van der Waals surface area contributed by atoms with Crippen molar-refractivity contribution in [2.45, 2.75) is 6.61 Å². The molecule has 0 bridgehead atoms. The summed E-state index contributed by atoms with van der Waals surface area (Å²) in [6.07, 6.45) is 0. The molecule has 1 aromatic heterocycles. The summed E-state index contributed by atoms with van der Waals surface area (Å²) in [4.78, 5) is 4.41. The lowest BCUT2D eigenvalue weighted by Gasteiger charge is -2.09. The molecule has 128 valence electrons. The van der Waals surface area contributed by atoms with Crippen LogP contribution in [0.1, 0.15) is 5.56 Å². The third-order valence-electron chi connectivity index (χ3n) is 3.93. The van der Waals surface area contributed by atoms with E-state index in [4.69, 9.17) is 9.26 Å². The number of aromatic nitrogens is 2. The molecule has 0 saturated heterocycles. The smallest absolute Gasteiger partial charge is 0.262 e. The molecule has 4 aromatic rings. The molecule has 3 aromatic carbocycles. The van der Waals surface area contributed by atoms with Gasteiger partial charge in [0.1, 0.15) is 18.1 Å². The lowest BCUT2D eigenvalue weighted by atomic mass is 10.2. The zero-order valence-corrected chi connectivity index (χ0v) is 13.9. The molecule has 0 amide bonds. The summed E-state index contributed by atoms with van der Waals surface area (Å²) in [6, 6.07) is 24.3. The van der Waals surface area contributed by atoms with Crippen LogP contribution in [0.5, 0.6) is 11.5 Å². The molecule has 1 heterocycles. The van der Waals surface area contributed by atoms with Crippen molar-refractivity contribution in [2.24, 2.45) is 0 Å². The maximum Gasteiger partial charge on any atom is 0.262 e. The van der Waals surface area contributed by atoms with Gasteiger partial charge in [-0.25, -0.2) is 0 Å².